The van der Waals surface area contributed by atoms with Crippen LogP contribution in [0.3, 0.4) is 0 Å². The van der Waals surface area contributed by atoms with E-state index in [1.807, 2.05) is 30.3 Å². The highest BCUT2D eigenvalue weighted by molar-refractivity contribution is 6.20. The van der Waals surface area contributed by atoms with Gasteiger partial charge in [0.1, 0.15) is 28.8 Å². The molecule has 2 aliphatic rings. The van der Waals surface area contributed by atoms with Crippen LogP contribution in [0, 0.1) is 0 Å². The van der Waals surface area contributed by atoms with Gasteiger partial charge in [-0.05, 0) is 63.0 Å². The van der Waals surface area contributed by atoms with Gasteiger partial charge < -0.3 is 19.5 Å². The zero-order chi connectivity index (χ0) is 34.2. The molecule has 9 aromatic rings. The number of rotatable bonds is 4. The largest absolute Gasteiger partial charge is 0.456 e. The zero-order valence-electron chi connectivity index (χ0n) is 27.9. The maximum atomic E-state index is 6.31. The highest BCUT2D eigenvalue weighted by Crippen LogP contribution is 2.42. The highest BCUT2D eigenvalue weighted by atomic mass is 16.4. The summed E-state index contributed by atoms with van der Waals surface area (Å²) >= 11 is 0. The van der Waals surface area contributed by atoms with E-state index in [2.05, 4.69) is 132 Å². The average Bonchev–Trinajstić information content (AvgIpc) is 3.79. The molecule has 0 radical (unpaired) electrons. The Bertz CT molecular complexity index is 3020. The molecule has 1 unspecified atom stereocenters. The van der Waals surface area contributed by atoms with Crippen molar-refractivity contribution in [2.24, 2.45) is 9.98 Å². The van der Waals surface area contributed by atoms with Crippen LogP contribution < -0.4 is 10.6 Å². The molecule has 11 rings (SSSR count). The van der Waals surface area contributed by atoms with Crippen molar-refractivity contribution in [2.45, 2.75) is 6.17 Å². The monoisotopic (exact) mass is 670 g/mol. The summed E-state index contributed by atoms with van der Waals surface area (Å²) in [6.07, 6.45) is 3.88. The van der Waals surface area contributed by atoms with Gasteiger partial charge >= 0.3 is 0 Å². The molecule has 0 saturated carbocycles. The molecule has 2 N–H and O–H groups in total. The molecule has 0 aliphatic carbocycles. The minimum absolute atomic E-state index is 0.414. The van der Waals surface area contributed by atoms with E-state index in [1.165, 1.54) is 5.39 Å². The van der Waals surface area contributed by atoms with Crippen molar-refractivity contribution in [3.05, 3.63) is 168 Å². The van der Waals surface area contributed by atoms with Crippen molar-refractivity contribution in [1.29, 1.82) is 0 Å². The summed E-state index contributed by atoms with van der Waals surface area (Å²) in [6, 6.07) is 48.6. The van der Waals surface area contributed by atoms with Gasteiger partial charge in [0.15, 0.2) is 5.84 Å². The van der Waals surface area contributed by atoms with Crippen LogP contribution >= 0.6 is 0 Å². The number of aliphatic imine (C=N–C) groups is 2. The Hall–Kier alpha value is -6.92. The van der Waals surface area contributed by atoms with Gasteiger partial charge in [0.25, 0.3) is 0 Å². The van der Waals surface area contributed by atoms with E-state index in [4.69, 9.17) is 18.8 Å². The molecule has 6 nitrogen and oxygen atoms in total. The third-order valence-electron chi connectivity index (χ3n) is 10.4. The third kappa shape index (κ3) is 4.44. The Morgan fingerprint density at radius 2 is 1.31 bits per heavy atom. The first-order valence-electron chi connectivity index (χ1n) is 17.6. The first-order valence-corrected chi connectivity index (χ1v) is 17.6. The van der Waals surface area contributed by atoms with Crippen molar-refractivity contribution in [3.8, 4) is 11.1 Å². The lowest BCUT2D eigenvalue weighted by Gasteiger charge is -2.25. The van der Waals surface area contributed by atoms with Gasteiger partial charge in [0, 0.05) is 45.0 Å². The lowest BCUT2D eigenvalue weighted by Crippen LogP contribution is -2.33. The minimum Gasteiger partial charge on any atom is -0.456 e. The van der Waals surface area contributed by atoms with Gasteiger partial charge in [-0.3, -0.25) is 0 Å². The SMILES string of the molecule is C1=Cc2c(oc3cccc(-c4ccc(C5=NC(c6cccc7oc8ccccc8c67)NC(c6ccc7ccccc7c6)=N5)c5ccccc45)c23)NC1. The number of amidine groups is 2. The number of benzene rings is 7. The third-order valence-corrected chi connectivity index (χ3v) is 10.4. The standard InChI is InChI=1S/C46H30N4O2/c1-2-11-28-26-29(22-21-27(28)10-1)43-48-44(50-45(49-43)36-16-8-19-39-42(36)35-14-5-6-18-38(35)51-39)34-24-23-32(30-12-3-4-13-31(30)34)33-15-7-20-40-41(33)37-17-9-25-47-46(37)52-40/h1-24,26,45,47H,25H2,(H,48,49,50). The topological polar surface area (TPSA) is 75.1 Å². The molecule has 0 spiro atoms. The fraction of sp³-hybridized carbons (Fsp3) is 0.0435. The first kappa shape index (κ1) is 28.9. The quantitative estimate of drug-likeness (QED) is 0.195. The lowest BCUT2D eigenvalue weighted by molar-refractivity contribution is 0.628. The molecule has 246 valence electrons. The number of hydrogen-bond acceptors (Lipinski definition) is 6. The van der Waals surface area contributed by atoms with Crippen molar-refractivity contribution in [3.63, 3.8) is 0 Å². The molecular formula is C46H30N4O2. The van der Waals surface area contributed by atoms with Crippen LogP contribution in [0.2, 0.25) is 0 Å². The van der Waals surface area contributed by atoms with Crippen LogP contribution in [0.1, 0.15) is 28.4 Å². The van der Waals surface area contributed by atoms with E-state index in [0.717, 1.165) is 101 Å². The molecule has 0 fully saturated rings. The second-order valence-corrected chi connectivity index (χ2v) is 13.4. The normalized spacial score (nSPS) is 15.5. The smallest absolute Gasteiger partial charge is 0.201 e. The maximum Gasteiger partial charge on any atom is 0.201 e. The summed E-state index contributed by atoms with van der Waals surface area (Å²) in [4.78, 5) is 10.7. The Morgan fingerprint density at radius 1 is 0.577 bits per heavy atom. The van der Waals surface area contributed by atoms with Crippen LogP contribution in [0.15, 0.2) is 164 Å². The van der Waals surface area contributed by atoms with Crippen LogP contribution in [0.5, 0.6) is 0 Å². The van der Waals surface area contributed by atoms with Gasteiger partial charge in [-0.1, -0.05) is 121 Å². The predicted molar refractivity (Wildman–Crippen MR) is 213 cm³/mol. The summed E-state index contributed by atoms with van der Waals surface area (Å²) < 4.78 is 12.6. The molecule has 4 heterocycles. The van der Waals surface area contributed by atoms with Crippen LogP contribution in [0.25, 0.3) is 71.7 Å². The summed E-state index contributed by atoms with van der Waals surface area (Å²) in [5.41, 5.74) is 8.90. The zero-order valence-corrected chi connectivity index (χ0v) is 27.9. The Morgan fingerprint density at radius 3 is 2.21 bits per heavy atom. The predicted octanol–water partition coefficient (Wildman–Crippen LogP) is 11.2. The number of nitrogens with one attached hydrogen (secondary N) is 2. The van der Waals surface area contributed by atoms with E-state index in [0.29, 0.717) is 5.84 Å². The Kier molecular flexibility index (Phi) is 6.28. The molecule has 0 saturated heterocycles. The number of fused-ring (bicyclic) bond motifs is 8. The minimum atomic E-state index is -0.414. The molecule has 1 atom stereocenters. The first-order chi connectivity index (χ1) is 25.8. The second-order valence-electron chi connectivity index (χ2n) is 13.4. The molecular weight excluding hydrogens is 641 g/mol. The van der Waals surface area contributed by atoms with Crippen LogP contribution in [-0.2, 0) is 0 Å². The maximum absolute atomic E-state index is 6.31. The second kappa shape index (κ2) is 11.3. The molecule has 6 heteroatoms. The van der Waals surface area contributed by atoms with Crippen LogP contribution in [0.4, 0.5) is 5.88 Å². The number of furan rings is 2. The fourth-order valence-electron chi connectivity index (χ4n) is 7.99. The number of nitrogens with zero attached hydrogens (tertiary/aromatic N) is 2. The van der Waals surface area contributed by atoms with Gasteiger partial charge in [-0.15, -0.1) is 0 Å². The molecule has 2 aliphatic heterocycles. The highest BCUT2D eigenvalue weighted by Gasteiger charge is 2.26. The summed E-state index contributed by atoms with van der Waals surface area (Å²) in [6.45, 7) is 0.755. The Balaban J connectivity index is 1.13. The molecule has 2 aromatic heterocycles. The molecule has 52 heavy (non-hydrogen) atoms. The number of para-hydroxylation sites is 1. The van der Waals surface area contributed by atoms with Gasteiger partial charge in [-0.25, -0.2) is 9.98 Å². The summed E-state index contributed by atoms with van der Waals surface area (Å²) in [7, 11) is 0. The fourth-order valence-corrected chi connectivity index (χ4v) is 7.99. The van der Waals surface area contributed by atoms with E-state index in [1.54, 1.807) is 0 Å². The molecule has 0 amide bonds. The van der Waals surface area contributed by atoms with E-state index < -0.39 is 6.17 Å². The number of hydrogen-bond donors (Lipinski definition) is 2. The average molecular weight is 671 g/mol. The Labute approximate surface area is 298 Å². The molecule has 7 aromatic carbocycles. The summed E-state index contributed by atoms with van der Waals surface area (Å²) in [5.74, 6) is 2.26. The molecule has 0 bridgehead atoms. The van der Waals surface area contributed by atoms with E-state index >= 15 is 0 Å². The van der Waals surface area contributed by atoms with E-state index in [9.17, 15) is 0 Å². The van der Waals surface area contributed by atoms with Crippen LogP contribution in [-0.4, -0.2) is 18.2 Å². The van der Waals surface area contributed by atoms with Gasteiger partial charge in [0.2, 0.25) is 5.88 Å². The van der Waals surface area contributed by atoms with Crippen molar-refractivity contribution in [2.75, 3.05) is 11.9 Å². The van der Waals surface area contributed by atoms with Crippen molar-refractivity contribution < 1.29 is 8.83 Å². The lowest BCUT2D eigenvalue weighted by atomic mass is 9.91. The van der Waals surface area contributed by atoms with E-state index in [-0.39, 0.29) is 0 Å². The van der Waals surface area contributed by atoms with Gasteiger partial charge in [0.05, 0.1) is 0 Å². The number of anilines is 1. The van der Waals surface area contributed by atoms with Crippen molar-refractivity contribution >= 4 is 78.1 Å². The van der Waals surface area contributed by atoms with Crippen molar-refractivity contribution in [1.82, 2.24) is 5.32 Å². The van der Waals surface area contributed by atoms with Gasteiger partial charge in [-0.2, -0.15) is 0 Å². The summed E-state index contributed by atoms with van der Waals surface area (Å²) in [5, 5.41) is 14.9.